The van der Waals surface area contributed by atoms with Crippen LogP contribution in [0.4, 0.5) is 0 Å². The van der Waals surface area contributed by atoms with Gasteiger partial charge in [-0.15, -0.1) is 0 Å². The number of unbranched alkanes of at least 4 members (excludes halogenated alkanes) is 27. The molecule has 14 heteroatoms. The summed E-state index contributed by atoms with van der Waals surface area (Å²) in [5.41, 5.74) is 0. The summed E-state index contributed by atoms with van der Waals surface area (Å²) in [6, 6.07) is 0. The minimum absolute atomic E-state index is 0.169. The summed E-state index contributed by atoms with van der Waals surface area (Å²) in [5, 5.41) is 49.3. The number of hydrogen-bond donors (Lipinski definition) is 6. The van der Waals surface area contributed by atoms with Gasteiger partial charge in [0, 0.05) is 13.3 Å². The second-order valence-corrected chi connectivity index (χ2v) is 17.4. The van der Waals surface area contributed by atoms with Gasteiger partial charge in [0.1, 0.15) is 43.2 Å². The molecule has 0 aromatic carbocycles. The maximum absolute atomic E-state index is 12.5. The molecule has 13 nitrogen and oxygen atoms in total. The van der Waals surface area contributed by atoms with Crippen molar-refractivity contribution in [3.8, 4) is 0 Å². The van der Waals surface area contributed by atoms with E-state index in [1.54, 1.807) is 0 Å². The van der Waals surface area contributed by atoms with Crippen LogP contribution < -0.4 is 0 Å². The molecule has 1 rings (SSSR count). The predicted molar refractivity (Wildman–Crippen MR) is 217 cm³/mol. The van der Waals surface area contributed by atoms with Crippen molar-refractivity contribution in [1.29, 1.82) is 0 Å². The van der Waals surface area contributed by atoms with Gasteiger partial charge in [0.05, 0.1) is 6.61 Å². The van der Waals surface area contributed by atoms with Gasteiger partial charge in [0.2, 0.25) is 0 Å². The largest absolute Gasteiger partial charge is 0.472 e. The Bertz CT molecular complexity index is 1000. The fourth-order valence-electron chi connectivity index (χ4n) is 7.23. The molecular formula is C42H81O13P. The van der Waals surface area contributed by atoms with E-state index in [0.29, 0.717) is 6.42 Å². The second-order valence-electron chi connectivity index (χ2n) is 16.0. The first kappa shape index (κ1) is 52.9. The Morgan fingerprint density at radius 2 is 0.839 bits per heavy atom. The lowest BCUT2D eigenvalue weighted by Crippen LogP contribution is -2.64. The van der Waals surface area contributed by atoms with Crippen molar-refractivity contribution in [2.75, 3.05) is 13.2 Å². The topological polar surface area (TPSA) is 210 Å². The van der Waals surface area contributed by atoms with Crippen molar-refractivity contribution < 1.29 is 63.1 Å². The summed E-state index contributed by atoms with van der Waals surface area (Å²) in [6.07, 6.45) is 23.8. The van der Waals surface area contributed by atoms with Crippen LogP contribution in [0.25, 0.3) is 0 Å². The number of aliphatic hydroxyl groups excluding tert-OH is 5. The van der Waals surface area contributed by atoms with Crippen molar-refractivity contribution in [2.45, 2.75) is 243 Å². The zero-order valence-electron chi connectivity index (χ0n) is 34.9. The average Bonchev–Trinajstić information content (AvgIpc) is 3.17. The number of ether oxygens (including phenoxy) is 2. The van der Waals surface area contributed by atoms with Crippen LogP contribution in [-0.4, -0.2) is 98.3 Å². The Labute approximate surface area is 338 Å². The Hall–Kier alpha value is -1.15. The molecule has 0 saturated heterocycles. The van der Waals surface area contributed by atoms with Crippen LogP contribution in [-0.2, 0) is 32.7 Å². The van der Waals surface area contributed by atoms with Gasteiger partial charge in [-0.05, 0) is 6.42 Å². The van der Waals surface area contributed by atoms with Crippen LogP contribution >= 0.6 is 7.82 Å². The zero-order valence-corrected chi connectivity index (χ0v) is 35.8. The molecule has 0 amide bonds. The van der Waals surface area contributed by atoms with Gasteiger partial charge in [-0.2, -0.15) is 0 Å². The highest BCUT2D eigenvalue weighted by Crippen LogP contribution is 2.47. The first-order valence-electron chi connectivity index (χ1n) is 22.3. The van der Waals surface area contributed by atoms with Crippen LogP contribution in [0.5, 0.6) is 0 Å². The minimum Gasteiger partial charge on any atom is -0.462 e. The number of hydrogen-bond acceptors (Lipinski definition) is 12. The van der Waals surface area contributed by atoms with Gasteiger partial charge in [-0.25, -0.2) is 4.57 Å². The number of phosphoric acid groups is 1. The molecule has 8 atom stereocenters. The molecule has 1 saturated carbocycles. The molecule has 0 radical (unpaired) electrons. The van der Waals surface area contributed by atoms with Crippen LogP contribution in [0, 0.1) is 0 Å². The summed E-state index contributed by atoms with van der Waals surface area (Å²) in [7, 11) is -5.06. The fraction of sp³-hybridized carbons (Fsp3) is 0.952. The fourth-order valence-corrected chi connectivity index (χ4v) is 8.20. The van der Waals surface area contributed by atoms with E-state index in [4.69, 9.17) is 18.5 Å². The van der Waals surface area contributed by atoms with Gasteiger partial charge in [0.25, 0.3) is 0 Å². The first-order valence-corrected chi connectivity index (χ1v) is 23.8. The molecule has 6 unspecified atom stereocenters. The Morgan fingerprint density at radius 1 is 0.518 bits per heavy atom. The summed E-state index contributed by atoms with van der Waals surface area (Å²) < 4.78 is 32.2. The smallest absolute Gasteiger partial charge is 0.462 e. The summed E-state index contributed by atoms with van der Waals surface area (Å²) in [6.45, 7) is 2.18. The van der Waals surface area contributed by atoms with Crippen molar-refractivity contribution in [3.63, 3.8) is 0 Å². The molecule has 0 aromatic heterocycles. The molecule has 1 aliphatic carbocycles. The third-order valence-electron chi connectivity index (χ3n) is 10.7. The molecule has 0 bridgehead atoms. The summed E-state index contributed by atoms with van der Waals surface area (Å²) in [5.74, 6) is -1.28. The van der Waals surface area contributed by atoms with Crippen molar-refractivity contribution in [3.05, 3.63) is 0 Å². The number of esters is 2. The molecule has 1 aliphatic rings. The van der Waals surface area contributed by atoms with E-state index in [2.05, 4.69) is 6.92 Å². The highest BCUT2D eigenvalue weighted by molar-refractivity contribution is 7.47. The number of carbonyl (C=O) groups is 2. The van der Waals surface area contributed by atoms with Gasteiger partial charge in [0.15, 0.2) is 6.10 Å². The molecule has 0 spiro atoms. The highest BCUT2D eigenvalue weighted by Gasteiger charge is 2.51. The second kappa shape index (κ2) is 33.7. The summed E-state index contributed by atoms with van der Waals surface area (Å²) in [4.78, 5) is 33.8. The Kier molecular flexibility index (Phi) is 31.8. The average molecular weight is 825 g/mol. The van der Waals surface area contributed by atoms with Crippen LogP contribution in [0.3, 0.4) is 0 Å². The molecular weight excluding hydrogens is 743 g/mol. The van der Waals surface area contributed by atoms with E-state index in [-0.39, 0.29) is 6.42 Å². The number of aliphatic hydroxyl groups is 5. The van der Waals surface area contributed by atoms with Crippen LogP contribution in [0.2, 0.25) is 0 Å². The van der Waals surface area contributed by atoms with Crippen molar-refractivity contribution in [2.24, 2.45) is 0 Å². The van der Waals surface area contributed by atoms with E-state index < -0.39 is 75.7 Å². The molecule has 0 aromatic rings. The molecule has 6 N–H and O–H groups in total. The van der Waals surface area contributed by atoms with Gasteiger partial charge >= 0.3 is 19.8 Å². The maximum atomic E-state index is 12.5. The number of carbonyl (C=O) groups excluding carboxylic acids is 2. The van der Waals surface area contributed by atoms with E-state index in [0.717, 1.165) is 26.2 Å². The monoisotopic (exact) mass is 825 g/mol. The number of phosphoric ester groups is 1. The van der Waals surface area contributed by atoms with E-state index in [1.807, 2.05) is 0 Å². The van der Waals surface area contributed by atoms with Gasteiger partial charge < -0.3 is 39.9 Å². The zero-order chi connectivity index (χ0) is 41.4. The van der Waals surface area contributed by atoms with Crippen molar-refractivity contribution in [1.82, 2.24) is 0 Å². The highest BCUT2D eigenvalue weighted by atomic mass is 31.2. The molecule has 0 aliphatic heterocycles. The summed E-state index contributed by atoms with van der Waals surface area (Å²) >= 11 is 0. The Balaban J connectivity index is 1.97. The van der Waals surface area contributed by atoms with E-state index >= 15 is 0 Å². The van der Waals surface area contributed by atoms with Crippen LogP contribution in [0.1, 0.15) is 200 Å². The molecule has 0 heterocycles. The first-order chi connectivity index (χ1) is 26.9. The third kappa shape index (κ3) is 26.8. The quantitative estimate of drug-likeness (QED) is 0.0199. The van der Waals surface area contributed by atoms with E-state index in [9.17, 15) is 44.6 Å². The lowest BCUT2D eigenvalue weighted by atomic mass is 9.85. The minimum atomic E-state index is -5.06. The SMILES string of the molecule is CCCCCCCCCCCCCCCCCCCCCCCCCCCCCCC(=O)OC[C@H](COP(=O)(O)OC1C(O)C(O)C(O)[C@@H](O)C1O)OC(C)=O. The van der Waals surface area contributed by atoms with Crippen molar-refractivity contribution >= 4 is 19.8 Å². The number of rotatable bonds is 37. The standard InChI is InChI=1S/C42H81O13P/c1-3-4-5-6-7-8-9-10-11-12-13-14-15-16-17-18-19-20-21-22-23-24-25-26-27-28-29-30-31-36(44)52-32-35(54-34(2)43)33-53-56(50,51)55-42-40(48)38(46)37(45)39(47)41(42)49/h35,37-42,45-49H,3-33H2,1-2H3,(H,50,51)/t35-,37?,38-,39?,40?,41?,42?/m1/s1. The van der Waals surface area contributed by atoms with Gasteiger partial charge in [-0.3, -0.25) is 18.6 Å². The molecule has 332 valence electrons. The lowest BCUT2D eigenvalue weighted by Gasteiger charge is -2.41. The Morgan fingerprint density at radius 3 is 1.18 bits per heavy atom. The van der Waals surface area contributed by atoms with Crippen LogP contribution in [0.15, 0.2) is 0 Å². The van der Waals surface area contributed by atoms with E-state index in [1.165, 1.54) is 154 Å². The molecule has 1 fully saturated rings. The molecule has 56 heavy (non-hydrogen) atoms. The third-order valence-corrected chi connectivity index (χ3v) is 11.7. The maximum Gasteiger partial charge on any atom is 0.472 e. The predicted octanol–water partition coefficient (Wildman–Crippen LogP) is 8.11. The normalized spacial score (nSPS) is 22.8. The van der Waals surface area contributed by atoms with Gasteiger partial charge in [-0.1, -0.05) is 180 Å². The lowest BCUT2D eigenvalue weighted by molar-refractivity contribution is -0.220.